The maximum absolute atomic E-state index is 11.7. The Hall–Kier alpha value is -3.02. The summed E-state index contributed by atoms with van der Waals surface area (Å²) in [4.78, 5) is 20.3. The van der Waals surface area contributed by atoms with E-state index < -0.39 is 0 Å². The van der Waals surface area contributed by atoms with Crippen LogP contribution in [0.5, 0.6) is 5.75 Å². The van der Waals surface area contributed by atoms with E-state index in [1.54, 1.807) is 14.1 Å². The SMILES string of the molecule is CCNC(=NCc1cccc(OCC(=O)N(C)C)c1)N1CCc2ccccc21. The maximum atomic E-state index is 11.7. The Morgan fingerprint density at radius 2 is 2.04 bits per heavy atom. The van der Waals surface area contributed by atoms with Crippen LogP contribution in [-0.2, 0) is 17.8 Å². The number of para-hydroxylation sites is 1. The van der Waals surface area contributed by atoms with Crippen molar-refractivity contribution >= 4 is 17.6 Å². The second-order valence-electron chi connectivity index (χ2n) is 6.92. The van der Waals surface area contributed by atoms with Crippen LogP contribution in [-0.4, -0.2) is 50.6 Å². The van der Waals surface area contributed by atoms with Crippen molar-refractivity contribution in [2.75, 3.05) is 38.7 Å². The summed E-state index contributed by atoms with van der Waals surface area (Å²) in [7, 11) is 3.44. The highest BCUT2D eigenvalue weighted by Crippen LogP contribution is 2.27. The molecule has 0 unspecified atom stereocenters. The van der Waals surface area contributed by atoms with Gasteiger partial charge in [-0.2, -0.15) is 0 Å². The number of likely N-dealkylation sites (N-methyl/N-ethyl adjacent to an activating group) is 1. The first-order valence-corrected chi connectivity index (χ1v) is 9.64. The van der Waals surface area contributed by atoms with Gasteiger partial charge in [0, 0.05) is 32.9 Å². The first-order chi connectivity index (χ1) is 13.6. The van der Waals surface area contributed by atoms with Crippen LogP contribution < -0.4 is 15.0 Å². The van der Waals surface area contributed by atoms with E-state index in [1.165, 1.54) is 16.2 Å². The Morgan fingerprint density at radius 3 is 2.82 bits per heavy atom. The minimum absolute atomic E-state index is 0.0346. The molecule has 148 valence electrons. The van der Waals surface area contributed by atoms with Crippen molar-refractivity contribution in [3.63, 3.8) is 0 Å². The Balaban J connectivity index is 1.70. The van der Waals surface area contributed by atoms with E-state index in [0.717, 1.165) is 31.0 Å². The topological polar surface area (TPSA) is 57.2 Å². The number of carbonyl (C=O) groups is 1. The molecular weight excluding hydrogens is 352 g/mol. The highest BCUT2D eigenvalue weighted by atomic mass is 16.5. The van der Waals surface area contributed by atoms with Gasteiger partial charge in [0.1, 0.15) is 5.75 Å². The standard InChI is InChI=1S/C22H28N4O2/c1-4-23-22(26-13-12-18-9-5-6-11-20(18)26)24-15-17-8-7-10-19(14-17)28-16-21(27)25(2)3/h5-11,14H,4,12-13,15-16H2,1-3H3,(H,23,24). The monoisotopic (exact) mass is 380 g/mol. The number of nitrogens with zero attached hydrogens (tertiary/aromatic N) is 3. The van der Waals surface area contributed by atoms with Gasteiger partial charge in [-0.05, 0) is 42.7 Å². The number of nitrogens with one attached hydrogen (secondary N) is 1. The fraction of sp³-hybridized carbons (Fsp3) is 0.364. The molecule has 2 aromatic carbocycles. The zero-order valence-corrected chi connectivity index (χ0v) is 16.8. The second kappa shape index (κ2) is 9.26. The number of anilines is 1. The molecule has 1 N–H and O–H groups in total. The van der Waals surface area contributed by atoms with Gasteiger partial charge in [0.15, 0.2) is 12.6 Å². The van der Waals surface area contributed by atoms with Gasteiger partial charge in [-0.1, -0.05) is 30.3 Å². The number of aliphatic imine (C=N–C) groups is 1. The van der Waals surface area contributed by atoms with E-state index in [0.29, 0.717) is 12.3 Å². The summed E-state index contributed by atoms with van der Waals surface area (Å²) < 4.78 is 5.60. The molecule has 0 bridgehead atoms. The van der Waals surface area contributed by atoms with Crippen molar-refractivity contribution in [2.45, 2.75) is 19.9 Å². The van der Waals surface area contributed by atoms with Crippen LogP contribution in [0.1, 0.15) is 18.1 Å². The average molecular weight is 380 g/mol. The van der Waals surface area contributed by atoms with Crippen molar-refractivity contribution in [2.24, 2.45) is 4.99 Å². The van der Waals surface area contributed by atoms with Crippen molar-refractivity contribution < 1.29 is 9.53 Å². The number of rotatable bonds is 6. The molecule has 1 aliphatic heterocycles. The molecule has 0 fully saturated rings. The summed E-state index contributed by atoms with van der Waals surface area (Å²) in [5.74, 6) is 1.51. The maximum Gasteiger partial charge on any atom is 0.259 e. The third-order valence-corrected chi connectivity index (χ3v) is 4.65. The van der Waals surface area contributed by atoms with E-state index >= 15 is 0 Å². The molecule has 0 aromatic heterocycles. The number of fused-ring (bicyclic) bond motifs is 1. The van der Waals surface area contributed by atoms with E-state index in [9.17, 15) is 4.79 Å². The van der Waals surface area contributed by atoms with Gasteiger partial charge in [-0.15, -0.1) is 0 Å². The molecule has 28 heavy (non-hydrogen) atoms. The molecule has 1 amide bonds. The zero-order chi connectivity index (χ0) is 19.9. The van der Waals surface area contributed by atoms with Gasteiger partial charge in [0.25, 0.3) is 5.91 Å². The molecule has 0 saturated heterocycles. The van der Waals surface area contributed by atoms with E-state index in [1.807, 2.05) is 24.3 Å². The summed E-state index contributed by atoms with van der Waals surface area (Å²) in [6, 6.07) is 16.2. The predicted molar refractivity (Wildman–Crippen MR) is 113 cm³/mol. The quantitative estimate of drug-likeness (QED) is 0.618. The van der Waals surface area contributed by atoms with Gasteiger partial charge < -0.3 is 19.9 Å². The number of hydrogen-bond acceptors (Lipinski definition) is 3. The molecule has 0 atom stereocenters. The van der Waals surface area contributed by atoms with Gasteiger partial charge in [-0.25, -0.2) is 4.99 Å². The smallest absolute Gasteiger partial charge is 0.259 e. The second-order valence-corrected chi connectivity index (χ2v) is 6.92. The molecule has 0 saturated carbocycles. The number of ether oxygens (including phenoxy) is 1. The highest BCUT2D eigenvalue weighted by molar-refractivity contribution is 5.97. The molecule has 6 nitrogen and oxygen atoms in total. The lowest BCUT2D eigenvalue weighted by Crippen LogP contribution is -2.40. The average Bonchev–Trinajstić information content (AvgIpc) is 3.13. The fourth-order valence-corrected chi connectivity index (χ4v) is 3.13. The molecule has 1 heterocycles. The van der Waals surface area contributed by atoms with Gasteiger partial charge >= 0.3 is 0 Å². The molecule has 0 spiro atoms. The lowest BCUT2D eigenvalue weighted by Gasteiger charge is -2.22. The van der Waals surface area contributed by atoms with Crippen LogP contribution in [0.3, 0.4) is 0 Å². The van der Waals surface area contributed by atoms with Crippen molar-refractivity contribution in [3.8, 4) is 5.75 Å². The zero-order valence-electron chi connectivity index (χ0n) is 16.8. The van der Waals surface area contributed by atoms with Crippen molar-refractivity contribution in [3.05, 3.63) is 59.7 Å². The van der Waals surface area contributed by atoms with Gasteiger partial charge in [0.2, 0.25) is 0 Å². The highest BCUT2D eigenvalue weighted by Gasteiger charge is 2.22. The summed E-state index contributed by atoms with van der Waals surface area (Å²) in [6.07, 6.45) is 1.03. The molecular formula is C22H28N4O2. The van der Waals surface area contributed by atoms with E-state index in [4.69, 9.17) is 9.73 Å². The molecule has 1 aliphatic rings. The number of carbonyl (C=O) groups excluding carboxylic acids is 1. The minimum atomic E-state index is -0.0643. The number of hydrogen-bond donors (Lipinski definition) is 1. The molecule has 0 aliphatic carbocycles. The first kappa shape index (κ1) is 19.7. The summed E-state index contributed by atoms with van der Waals surface area (Å²) >= 11 is 0. The van der Waals surface area contributed by atoms with E-state index in [-0.39, 0.29) is 12.5 Å². The largest absolute Gasteiger partial charge is 0.484 e. The number of guanidine groups is 1. The van der Waals surface area contributed by atoms with Crippen molar-refractivity contribution in [1.82, 2.24) is 10.2 Å². The summed E-state index contributed by atoms with van der Waals surface area (Å²) in [5, 5.41) is 3.40. The fourth-order valence-electron chi connectivity index (χ4n) is 3.13. The normalized spacial score (nSPS) is 13.2. The third kappa shape index (κ3) is 4.82. The van der Waals surface area contributed by atoms with Crippen LogP contribution in [0.15, 0.2) is 53.5 Å². The van der Waals surface area contributed by atoms with Crippen LogP contribution in [0.2, 0.25) is 0 Å². The first-order valence-electron chi connectivity index (χ1n) is 9.64. The Kier molecular flexibility index (Phi) is 6.53. The Labute approximate surface area is 166 Å². The Bertz CT molecular complexity index is 848. The van der Waals surface area contributed by atoms with Crippen LogP contribution >= 0.6 is 0 Å². The third-order valence-electron chi connectivity index (χ3n) is 4.65. The van der Waals surface area contributed by atoms with Crippen LogP contribution in [0, 0.1) is 0 Å². The van der Waals surface area contributed by atoms with E-state index in [2.05, 4.69) is 41.4 Å². The van der Waals surface area contributed by atoms with Crippen molar-refractivity contribution in [1.29, 1.82) is 0 Å². The van der Waals surface area contributed by atoms with Crippen LogP contribution in [0.4, 0.5) is 5.69 Å². The summed E-state index contributed by atoms with van der Waals surface area (Å²) in [5.41, 5.74) is 3.62. The molecule has 2 aromatic rings. The lowest BCUT2D eigenvalue weighted by atomic mass is 10.2. The van der Waals surface area contributed by atoms with Gasteiger partial charge in [0.05, 0.1) is 6.54 Å². The summed E-state index contributed by atoms with van der Waals surface area (Å²) in [6.45, 7) is 4.40. The predicted octanol–water partition coefficient (Wildman–Crippen LogP) is 2.68. The van der Waals surface area contributed by atoms with Crippen LogP contribution in [0.25, 0.3) is 0 Å². The molecule has 0 radical (unpaired) electrons. The number of amides is 1. The Morgan fingerprint density at radius 1 is 1.21 bits per heavy atom. The molecule has 3 rings (SSSR count). The lowest BCUT2D eigenvalue weighted by molar-refractivity contribution is -0.130. The van der Waals surface area contributed by atoms with Gasteiger partial charge in [-0.3, -0.25) is 4.79 Å². The molecule has 6 heteroatoms. The minimum Gasteiger partial charge on any atom is -0.484 e. The number of benzene rings is 2.